The van der Waals surface area contributed by atoms with E-state index in [0.29, 0.717) is 42.2 Å². The Bertz CT molecular complexity index is 868. The van der Waals surface area contributed by atoms with Crippen LogP contribution < -0.4 is 0 Å². The number of likely N-dealkylation sites (tertiary alicyclic amines) is 1. The molecule has 0 aliphatic carbocycles. The molecule has 2 heterocycles. The minimum Gasteiger partial charge on any atom is -0.481 e. The van der Waals surface area contributed by atoms with Gasteiger partial charge in [-0.15, -0.1) is 0 Å². The van der Waals surface area contributed by atoms with Crippen LogP contribution in [-0.2, 0) is 10.2 Å². The first-order valence-electron chi connectivity index (χ1n) is 9.08. The molecule has 27 heavy (non-hydrogen) atoms. The van der Waals surface area contributed by atoms with Crippen LogP contribution >= 0.6 is 0 Å². The minimum atomic E-state index is -0.924. The fourth-order valence-corrected chi connectivity index (χ4v) is 3.25. The number of hydrogen-bond acceptors (Lipinski definition) is 5. The lowest BCUT2D eigenvalue weighted by Gasteiger charge is -2.37. The van der Waals surface area contributed by atoms with Crippen LogP contribution in [0.25, 0.3) is 11.5 Å². The van der Waals surface area contributed by atoms with Crippen molar-refractivity contribution in [2.75, 3.05) is 13.1 Å². The van der Waals surface area contributed by atoms with Crippen LogP contribution in [0, 0.1) is 5.41 Å². The quantitative estimate of drug-likeness (QED) is 0.889. The van der Waals surface area contributed by atoms with Crippen molar-refractivity contribution in [2.24, 2.45) is 5.41 Å². The number of nitrogens with zero attached hydrogens (tertiary/aromatic N) is 3. The van der Waals surface area contributed by atoms with Gasteiger partial charge in [0.25, 0.3) is 11.8 Å². The van der Waals surface area contributed by atoms with Crippen LogP contribution in [-0.4, -0.2) is 45.1 Å². The predicted octanol–water partition coefficient (Wildman–Crippen LogP) is 3.36. The Balaban J connectivity index is 1.93. The zero-order valence-electron chi connectivity index (χ0n) is 16.2. The molecule has 0 saturated carbocycles. The van der Waals surface area contributed by atoms with Gasteiger partial charge in [0, 0.05) is 18.5 Å². The van der Waals surface area contributed by atoms with E-state index in [1.165, 1.54) is 0 Å². The number of carbonyl (C=O) groups is 2. The maximum absolute atomic E-state index is 13.2. The van der Waals surface area contributed by atoms with Crippen LogP contribution in [0.15, 0.2) is 28.8 Å². The topological polar surface area (TPSA) is 96.5 Å². The number of amides is 1. The molecule has 1 saturated heterocycles. The van der Waals surface area contributed by atoms with E-state index in [-0.39, 0.29) is 17.9 Å². The predicted molar refractivity (Wildman–Crippen MR) is 99.3 cm³/mol. The first kappa shape index (κ1) is 19.1. The molecule has 1 fully saturated rings. The molecule has 1 atom stereocenters. The smallest absolute Gasteiger partial charge is 0.311 e. The van der Waals surface area contributed by atoms with Gasteiger partial charge in [-0.1, -0.05) is 38.1 Å². The number of aromatic nitrogens is 2. The van der Waals surface area contributed by atoms with Crippen molar-refractivity contribution in [3.05, 3.63) is 35.7 Å². The Morgan fingerprint density at radius 2 is 1.96 bits per heavy atom. The summed E-state index contributed by atoms with van der Waals surface area (Å²) in [6.07, 6.45) is 1.22. The molecular weight excluding hydrogens is 346 g/mol. The molecule has 1 amide bonds. The van der Waals surface area contributed by atoms with Crippen LogP contribution in [0.2, 0.25) is 0 Å². The number of rotatable bonds is 3. The van der Waals surface area contributed by atoms with Gasteiger partial charge >= 0.3 is 5.97 Å². The third-order valence-corrected chi connectivity index (χ3v) is 4.98. The van der Waals surface area contributed by atoms with Crippen LogP contribution in [0.1, 0.15) is 56.7 Å². The highest BCUT2D eigenvalue weighted by atomic mass is 16.5. The summed E-state index contributed by atoms with van der Waals surface area (Å²) in [5.41, 5.74) is -0.187. The molecule has 1 aliphatic rings. The highest BCUT2D eigenvalue weighted by molar-refractivity contribution is 6.00. The van der Waals surface area contributed by atoms with Crippen molar-refractivity contribution in [1.82, 2.24) is 15.0 Å². The summed E-state index contributed by atoms with van der Waals surface area (Å²) in [6, 6.07) is 7.07. The Kier molecular flexibility index (Phi) is 4.80. The Morgan fingerprint density at radius 3 is 2.59 bits per heavy atom. The molecule has 1 aliphatic heterocycles. The van der Waals surface area contributed by atoms with Crippen LogP contribution in [0.4, 0.5) is 0 Å². The molecule has 1 unspecified atom stereocenters. The summed E-state index contributed by atoms with van der Waals surface area (Å²) in [4.78, 5) is 30.8. The second-order valence-electron chi connectivity index (χ2n) is 8.41. The number of piperidine rings is 1. The fourth-order valence-electron chi connectivity index (χ4n) is 3.25. The SMILES string of the molecule is CC1(C(=O)O)CCCN(C(=O)c2ccccc2-c2nc(C(C)(C)C)no2)C1. The van der Waals surface area contributed by atoms with Gasteiger partial charge in [-0.05, 0) is 31.9 Å². The van der Waals surface area contributed by atoms with Gasteiger partial charge in [-0.25, -0.2) is 0 Å². The van der Waals surface area contributed by atoms with E-state index >= 15 is 0 Å². The van der Waals surface area contributed by atoms with Crippen LogP contribution in [0.3, 0.4) is 0 Å². The largest absolute Gasteiger partial charge is 0.481 e. The average Bonchev–Trinajstić information content (AvgIpc) is 3.11. The van der Waals surface area contributed by atoms with E-state index in [1.54, 1.807) is 30.0 Å². The second kappa shape index (κ2) is 6.79. The van der Waals surface area contributed by atoms with Gasteiger partial charge in [0.1, 0.15) is 0 Å². The van der Waals surface area contributed by atoms with Gasteiger partial charge < -0.3 is 14.5 Å². The molecule has 3 rings (SSSR count). The normalized spacial score (nSPS) is 20.5. The standard InChI is InChI=1S/C20H25N3O4/c1-19(2,3)17-21-15(27-22-17)13-8-5-6-9-14(13)16(24)23-11-7-10-20(4,12-23)18(25)26/h5-6,8-9H,7,10-12H2,1-4H3,(H,25,26). The van der Waals surface area contributed by atoms with E-state index in [0.717, 1.165) is 0 Å². The molecule has 0 bridgehead atoms. The summed E-state index contributed by atoms with van der Waals surface area (Å²) in [6.45, 7) is 8.37. The first-order valence-corrected chi connectivity index (χ1v) is 9.08. The van der Waals surface area contributed by atoms with Crippen molar-refractivity contribution in [3.8, 4) is 11.5 Å². The summed E-state index contributed by atoms with van der Waals surface area (Å²) in [7, 11) is 0. The van der Waals surface area contributed by atoms with E-state index in [2.05, 4.69) is 10.1 Å². The summed E-state index contributed by atoms with van der Waals surface area (Å²) in [5.74, 6) is -0.230. The minimum absolute atomic E-state index is 0.187. The second-order valence-corrected chi connectivity index (χ2v) is 8.41. The zero-order valence-corrected chi connectivity index (χ0v) is 16.2. The van der Waals surface area contributed by atoms with Gasteiger partial charge in [0.2, 0.25) is 0 Å². The number of benzene rings is 1. The third-order valence-electron chi connectivity index (χ3n) is 4.98. The van der Waals surface area contributed by atoms with Crippen molar-refractivity contribution in [1.29, 1.82) is 0 Å². The molecule has 144 valence electrons. The molecule has 0 spiro atoms. The molecule has 1 aromatic heterocycles. The number of hydrogen-bond donors (Lipinski definition) is 1. The molecule has 0 radical (unpaired) electrons. The lowest BCUT2D eigenvalue weighted by atomic mass is 9.82. The molecule has 2 aromatic rings. The fraction of sp³-hybridized carbons (Fsp3) is 0.500. The van der Waals surface area contributed by atoms with Gasteiger partial charge in [0.15, 0.2) is 5.82 Å². The number of aliphatic carboxylic acids is 1. The monoisotopic (exact) mass is 371 g/mol. The summed E-state index contributed by atoms with van der Waals surface area (Å²) >= 11 is 0. The van der Waals surface area contributed by atoms with Crippen molar-refractivity contribution in [2.45, 2.75) is 46.0 Å². The van der Waals surface area contributed by atoms with Gasteiger partial charge in [0.05, 0.1) is 16.5 Å². The Morgan fingerprint density at radius 1 is 1.26 bits per heavy atom. The van der Waals surface area contributed by atoms with Crippen molar-refractivity contribution < 1.29 is 19.2 Å². The first-order chi connectivity index (χ1) is 12.6. The maximum Gasteiger partial charge on any atom is 0.311 e. The number of carbonyl (C=O) groups excluding carboxylic acids is 1. The Labute approximate surface area is 158 Å². The summed E-state index contributed by atoms with van der Waals surface area (Å²) < 4.78 is 5.41. The van der Waals surface area contributed by atoms with Crippen molar-refractivity contribution in [3.63, 3.8) is 0 Å². The third kappa shape index (κ3) is 3.72. The van der Waals surface area contributed by atoms with E-state index in [4.69, 9.17) is 4.52 Å². The van der Waals surface area contributed by atoms with Gasteiger partial charge in [-0.2, -0.15) is 4.98 Å². The van der Waals surface area contributed by atoms with Crippen molar-refractivity contribution >= 4 is 11.9 Å². The van der Waals surface area contributed by atoms with E-state index in [9.17, 15) is 14.7 Å². The molecule has 7 heteroatoms. The van der Waals surface area contributed by atoms with Gasteiger partial charge in [-0.3, -0.25) is 9.59 Å². The number of carboxylic acid groups (broad SMARTS) is 1. The summed E-state index contributed by atoms with van der Waals surface area (Å²) in [5, 5.41) is 13.5. The average molecular weight is 371 g/mol. The van der Waals surface area contributed by atoms with E-state index in [1.807, 2.05) is 26.8 Å². The highest BCUT2D eigenvalue weighted by Crippen LogP contribution is 2.32. The molecule has 7 nitrogen and oxygen atoms in total. The molecular formula is C20H25N3O4. The molecule has 1 aromatic carbocycles. The molecule has 1 N–H and O–H groups in total. The Hall–Kier alpha value is -2.70. The zero-order chi connectivity index (χ0) is 19.8. The van der Waals surface area contributed by atoms with Crippen LogP contribution in [0.5, 0.6) is 0 Å². The lowest BCUT2D eigenvalue weighted by molar-refractivity contribution is -0.150. The maximum atomic E-state index is 13.2. The number of carboxylic acids is 1. The lowest BCUT2D eigenvalue weighted by Crippen LogP contribution is -2.48. The highest BCUT2D eigenvalue weighted by Gasteiger charge is 2.40. The van der Waals surface area contributed by atoms with E-state index < -0.39 is 11.4 Å².